The standard InChI is InChI=1S/C24H34O3/c1-14-12-21-19-7-6-17-13-18(27-16(3)26)8-10-23(17,4)20(19)9-11-24(21,5)22(14)15(2)25/h6,18-21H,7-13H2,1-5H3/t18-,19-,20-,21-,23+,24-/m1/s1. The third kappa shape index (κ3) is 2.76. The molecule has 0 spiro atoms. The molecule has 4 aliphatic rings. The van der Waals surface area contributed by atoms with Gasteiger partial charge in [-0.05, 0) is 86.5 Å². The van der Waals surface area contributed by atoms with Crippen molar-refractivity contribution in [1.82, 2.24) is 0 Å². The summed E-state index contributed by atoms with van der Waals surface area (Å²) in [4.78, 5) is 23.8. The van der Waals surface area contributed by atoms with Crippen LogP contribution in [0.15, 0.2) is 22.8 Å². The number of ketones is 1. The number of Topliss-reactive ketones (excluding diaryl/α,β-unsaturated/α-hetero) is 1. The molecule has 0 heterocycles. The Balaban J connectivity index is 1.62. The molecular formula is C24H34O3. The van der Waals surface area contributed by atoms with E-state index >= 15 is 0 Å². The SMILES string of the molecule is CC(=O)O[C@@H]1CC[C@@]2(C)C(=CC[C@@H]3[C@H]2CC[C@@]2(C)C(C(C)=O)=C(C)C[C@H]32)C1. The minimum Gasteiger partial charge on any atom is -0.462 e. The summed E-state index contributed by atoms with van der Waals surface area (Å²) in [6.45, 7) is 10.3. The molecule has 6 atom stereocenters. The topological polar surface area (TPSA) is 43.4 Å². The third-order valence-electron chi connectivity index (χ3n) is 8.66. The van der Waals surface area contributed by atoms with E-state index in [1.165, 1.54) is 24.5 Å². The van der Waals surface area contributed by atoms with Gasteiger partial charge in [0.2, 0.25) is 0 Å². The van der Waals surface area contributed by atoms with Crippen molar-refractivity contribution in [3.63, 3.8) is 0 Å². The molecule has 27 heavy (non-hydrogen) atoms. The largest absolute Gasteiger partial charge is 0.462 e. The van der Waals surface area contributed by atoms with Crippen molar-refractivity contribution in [3.05, 3.63) is 22.8 Å². The molecule has 0 aliphatic heterocycles. The molecule has 0 aromatic carbocycles. The molecule has 3 nitrogen and oxygen atoms in total. The lowest BCUT2D eigenvalue weighted by Crippen LogP contribution is -2.50. The van der Waals surface area contributed by atoms with Crippen molar-refractivity contribution in [2.75, 3.05) is 0 Å². The predicted molar refractivity (Wildman–Crippen MR) is 106 cm³/mol. The van der Waals surface area contributed by atoms with Crippen LogP contribution in [0.2, 0.25) is 0 Å². The van der Waals surface area contributed by atoms with Gasteiger partial charge in [-0.1, -0.05) is 31.1 Å². The molecule has 2 fully saturated rings. The lowest BCUT2D eigenvalue weighted by Gasteiger charge is -2.57. The van der Waals surface area contributed by atoms with Crippen molar-refractivity contribution < 1.29 is 14.3 Å². The molecule has 0 aromatic rings. The number of esters is 1. The van der Waals surface area contributed by atoms with E-state index in [0.29, 0.717) is 17.8 Å². The first-order valence-corrected chi connectivity index (χ1v) is 10.7. The molecule has 0 amide bonds. The van der Waals surface area contributed by atoms with Crippen LogP contribution in [0.4, 0.5) is 0 Å². The molecule has 0 unspecified atom stereocenters. The summed E-state index contributed by atoms with van der Waals surface area (Å²) >= 11 is 0. The smallest absolute Gasteiger partial charge is 0.302 e. The first-order valence-electron chi connectivity index (χ1n) is 10.7. The number of carbonyl (C=O) groups is 2. The van der Waals surface area contributed by atoms with Gasteiger partial charge in [-0.25, -0.2) is 0 Å². The van der Waals surface area contributed by atoms with Gasteiger partial charge in [-0.15, -0.1) is 0 Å². The minimum atomic E-state index is -0.157. The Morgan fingerprint density at radius 2 is 1.74 bits per heavy atom. The summed E-state index contributed by atoms with van der Waals surface area (Å²) in [7, 11) is 0. The first kappa shape index (κ1) is 19.0. The van der Waals surface area contributed by atoms with E-state index in [0.717, 1.165) is 44.1 Å². The van der Waals surface area contributed by atoms with Crippen LogP contribution in [-0.2, 0) is 14.3 Å². The highest BCUT2D eigenvalue weighted by Gasteiger charge is 2.58. The van der Waals surface area contributed by atoms with Crippen LogP contribution in [0, 0.1) is 28.6 Å². The van der Waals surface area contributed by atoms with Gasteiger partial charge in [-0.2, -0.15) is 0 Å². The number of fused-ring (bicyclic) bond motifs is 5. The summed E-state index contributed by atoms with van der Waals surface area (Å²) in [5.74, 6) is 2.12. The van der Waals surface area contributed by atoms with Crippen molar-refractivity contribution in [2.45, 2.75) is 85.7 Å². The third-order valence-corrected chi connectivity index (χ3v) is 8.66. The minimum absolute atomic E-state index is 0.0620. The fourth-order valence-corrected chi connectivity index (χ4v) is 7.59. The molecule has 4 rings (SSSR count). The van der Waals surface area contributed by atoms with Crippen LogP contribution in [0.25, 0.3) is 0 Å². The van der Waals surface area contributed by atoms with Crippen LogP contribution in [-0.4, -0.2) is 17.9 Å². The molecule has 0 radical (unpaired) electrons. The Morgan fingerprint density at radius 1 is 1.04 bits per heavy atom. The zero-order valence-corrected chi connectivity index (χ0v) is 17.6. The Labute approximate surface area is 163 Å². The second kappa shape index (κ2) is 6.32. The average Bonchev–Trinajstić information content (AvgIpc) is 2.85. The lowest BCUT2D eigenvalue weighted by molar-refractivity contribution is -0.148. The summed E-state index contributed by atoms with van der Waals surface area (Å²) in [6, 6.07) is 0. The molecule has 3 heteroatoms. The Morgan fingerprint density at radius 3 is 2.41 bits per heavy atom. The van der Waals surface area contributed by atoms with Gasteiger partial charge < -0.3 is 4.74 Å². The zero-order valence-electron chi connectivity index (χ0n) is 17.6. The Bertz CT molecular complexity index is 745. The van der Waals surface area contributed by atoms with Gasteiger partial charge in [0.1, 0.15) is 6.10 Å². The maximum atomic E-state index is 12.4. The first-order chi connectivity index (χ1) is 12.7. The lowest BCUT2D eigenvalue weighted by atomic mass is 9.47. The van der Waals surface area contributed by atoms with E-state index in [4.69, 9.17) is 4.74 Å². The van der Waals surface area contributed by atoms with Crippen LogP contribution < -0.4 is 0 Å². The fourth-order valence-electron chi connectivity index (χ4n) is 7.59. The van der Waals surface area contributed by atoms with Crippen LogP contribution >= 0.6 is 0 Å². The van der Waals surface area contributed by atoms with E-state index in [1.807, 2.05) is 0 Å². The van der Waals surface area contributed by atoms with Crippen molar-refractivity contribution in [3.8, 4) is 0 Å². The summed E-state index contributed by atoms with van der Waals surface area (Å²) in [5, 5.41) is 0. The maximum absolute atomic E-state index is 12.4. The fraction of sp³-hybridized carbons (Fsp3) is 0.750. The second-order valence-electron chi connectivity index (χ2n) is 10.1. The van der Waals surface area contributed by atoms with Gasteiger partial charge in [-0.3, -0.25) is 9.59 Å². The molecule has 4 aliphatic carbocycles. The number of hydrogen-bond acceptors (Lipinski definition) is 3. The molecule has 0 aromatic heterocycles. The van der Waals surface area contributed by atoms with E-state index in [-0.39, 0.29) is 28.7 Å². The number of carbonyl (C=O) groups excluding carboxylic acids is 2. The van der Waals surface area contributed by atoms with Crippen LogP contribution in [0.1, 0.15) is 79.6 Å². The van der Waals surface area contributed by atoms with Gasteiger partial charge in [0.05, 0.1) is 0 Å². The Hall–Kier alpha value is -1.38. The summed E-state index contributed by atoms with van der Waals surface area (Å²) < 4.78 is 5.54. The predicted octanol–water partition coefficient (Wildman–Crippen LogP) is 5.40. The van der Waals surface area contributed by atoms with E-state index in [9.17, 15) is 9.59 Å². The van der Waals surface area contributed by atoms with Gasteiger partial charge in [0.25, 0.3) is 0 Å². The monoisotopic (exact) mass is 370 g/mol. The van der Waals surface area contributed by atoms with Gasteiger partial charge in [0.15, 0.2) is 5.78 Å². The van der Waals surface area contributed by atoms with Gasteiger partial charge in [0, 0.05) is 13.3 Å². The second-order valence-corrected chi connectivity index (χ2v) is 10.1. The molecule has 2 saturated carbocycles. The number of rotatable bonds is 2. The normalized spacial score (nSPS) is 43.4. The zero-order chi connectivity index (χ0) is 19.6. The van der Waals surface area contributed by atoms with Crippen LogP contribution in [0.3, 0.4) is 0 Å². The summed E-state index contributed by atoms with van der Waals surface area (Å²) in [5.41, 5.74) is 4.33. The maximum Gasteiger partial charge on any atom is 0.302 e. The number of ether oxygens (including phenoxy) is 1. The molecular weight excluding hydrogens is 336 g/mol. The van der Waals surface area contributed by atoms with Crippen molar-refractivity contribution in [2.24, 2.45) is 28.6 Å². The molecule has 0 saturated heterocycles. The van der Waals surface area contributed by atoms with Gasteiger partial charge >= 0.3 is 5.97 Å². The molecule has 148 valence electrons. The van der Waals surface area contributed by atoms with Crippen LogP contribution in [0.5, 0.6) is 0 Å². The highest BCUT2D eigenvalue weighted by atomic mass is 16.5. The highest BCUT2D eigenvalue weighted by molar-refractivity contribution is 5.96. The molecule has 0 N–H and O–H groups in total. The highest BCUT2D eigenvalue weighted by Crippen LogP contribution is 2.66. The van der Waals surface area contributed by atoms with Crippen molar-refractivity contribution in [1.29, 1.82) is 0 Å². The quantitative estimate of drug-likeness (QED) is 0.483. The summed E-state index contributed by atoms with van der Waals surface area (Å²) in [6.07, 6.45) is 10.1. The van der Waals surface area contributed by atoms with E-state index in [2.05, 4.69) is 26.8 Å². The average molecular weight is 371 g/mol. The molecule has 0 bridgehead atoms. The number of hydrogen-bond donors (Lipinski definition) is 0. The van der Waals surface area contributed by atoms with E-state index in [1.54, 1.807) is 6.92 Å². The van der Waals surface area contributed by atoms with Crippen molar-refractivity contribution >= 4 is 11.8 Å². The Kier molecular flexibility index (Phi) is 4.44. The van der Waals surface area contributed by atoms with E-state index < -0.39 is 0 Å². The number of allylic oxidation sites excluding steroid dienone is 3.